The summed E-state index contributed by atoms with van der Waals surface area (Å²) in [6, 6.07) is 10.2. The number of carbonyl (C=O) groups excluding carboxylic acids is 2. The molecule has 3 N–H and O–H groups in total. The van der Waals surface area contributed by atoms with Crippen molar-refractivity contribution in [2.75, 3.05) is 24.1 Å². The molecule has 3 aromatic heterocycles. The molecule has 2 amide bonds. The van der Waals surface area contributed by atoms with E-state index in [0.717, 1.165) is 23.9 Å². The van der Waals surface area contributed by atoms with Gasteiger partial charge in [-0.3, -0.25) is 14.3 Å². The number of anilines is 2. The maximum atomic E-state index is 12.8. The molecule has 0 bridgehead atoms. The number of likely N-dealkylation sites (tertiary alicyclic amines) is 1. The minimum atomic E-state index is -0.336. The number of hydrogen-bond donors (Lipinski definition) is 2. The molecule has 1 aromatic carbocycles. The predicted molar refractivity (Wildman–Crippen MR) is 150 cm³/mol. The van der Waals surface area contributed by atoms with E-state index in [1.807, 2.05) is 4.68 Å². The van der Waals surface area contributed by atoms with E-state index in [0.29, 0.717) is 52.0 Å². The fourth-order valence-electron chi connectivity index (χ4n) is 4.78. The third-order valence-corrected chi connectivity index (χ3v) is 6.94. The summed E-state index contributed by atoms with van der Waals surface area (Å²) >= 11 is 6.73. The number of nitrogens with two attached hydrogens (primary N) is 1. The molecule has 1 saturated heterocycles. The van der Waals surface area contributed by atoms with Gasteiger partial charge in [-0.25, -0.2) is 9.97 Å². The van der Waals surface area contributed by atoms with Gasteiger partial charge in [-0.2, -0.15) is 5.10 Å². The normalized spacial score (nSPS) is 15.3. The van der Waals surface area contributed by atoms with Crippen molar-refractivity contribution in [3.63, 3.8) is 0 Å². The number of nitrogens with zero attached hydrogens (tertiary/aromatic N) is 5. The van der Waals surface area contributed by atoms with Gasteiger partial charge in [-0.15, -0.1) is 0 Å². The number of pyridine rings is 2. The number of nitrogens with one attached hydrogen (secondary N) is 1. The van der Waals surface area contributed by atoms with Crippen molar-refractivity contribution in [3.05, 3.63) is 84.2 Å². The lowest BCUT2D eigenvalue weighted by Gasteiger charge is -2.32. The van der Waals surface area contributed by atoms with Crippen LogP contribution in [0.4, 0.5) is 11.6 Å². The average molecular weight is 528 g/mol. The van der Waals surface area contributed by atoms with Gasteiger partial charge >= 0.3 is 0 Å². The number of hydrogen-bond acceptors (Lipinski definition) is 6. The first-order chi connectivity index (χ1) is 18.4. The maximum absolute atomic E-state index is 12.8. The van der Waals surface area contributed by atoms with Crippen LogP contribution < -0.4 is 11.1 Å². The van der Waals surface area contributed by atoms with Crippen molar-refractivity contribution < 1.29 is 9.59 Å². The molecule has 9 nitrogen and oxygen atoms in total. The largest absolute Gasteiger partial charge is 0.383 e. The Morgan fingerprint density at radius 3 is 2.74 bits per heavy atom. The van der Waals surface area contributed by atoms with Crippen LogP contribution in [0.15, 0.2) is 68.0 Å². The Bertz CT molecular complexity index is 1560. The average Bonchev–Trinajstić information content (AvgIpc) is 3.35. The van der Waals surface area contributed by atoms with Crippen molar-refractivity contribution in [3.8, 4) is 11.3 Å². The van der Waals surface area contributed by atoms with Crippen molar-refractivity contribution in [1.29, 1.82) is 0 Å². The molecular formula is C28H26ClN7O2. The van der Waals surface area contributed by atoms with Crippen molar-refractivity contribution >= 4 is 52.0 Å². The van der Waals surface area contributed by atoms with E-state index in [9.17, 15) is 9.59 Å². The highest BCUT2D eigenvalue weighted by Gasteiger charge is 2.29. The molecule has 1 atom stereocenters. The van der Waals surface area contributed by atoms with Crippen LogP contribution in [0.2, 0.25) is 5.02 Å². The molecule has 0 saturated carbocycles. The van der Waals surface area contributed by atoms with E-state index in [2.05, 4.69) is 28.4 Å². The van der Waals surface area contributed by atoms with Crippen LogP contribution in [0, 0.1) is 0 Å². The summed E-state index contributed by atoms with van der Waals surface area (Å²) in [6.45, 7) is 8.72. The standard InChI is InChI=1S/C28H26ClN7O2/c1-3-17-15-32-27(30)24-25(34-36(26(17)24)19-8-7-13-35(16-19)23(37)4-2)20-11-10-18(14-21(20)29)28(38)33-22-9-5-6-12-31-22/h3-6,9-12,14-15,19H,1-2,7-8,13,16H2,(H2,30,32)(H,31,33,38)/t19-/m1/s1. The second kappa shape index (κ2) is 10.5. The van der Waals surface area contributed by atoms with Crippen LogP contribution in [0.3, 0.4) is 0 Å². The Balaban J connectivity index is 1.58. The second-order valence-electron chi connectivity index (χ2n) is 8.97. The Kier molecular flexibility index (Phi) is 6.93. The number of nitrogen functional groups attached to an aromatic ring is 1. The highest BCUT2D eigenvalue weighted by Crippen LogP contribution is 2.39. The topological polar surface area (TPSA) is 119 Å². The molecule has 38 heavy (non-hydrogen) atoms. The van der Waals surface area contributed by atoms with Crippen molar-refractivity contribution in [1.82, 2.24) is 24.6 Å². The number of aromatic nitrogens is 4. The maximum Gasteiger partial charge on any atom is 0.256 e. The first kappa shape index (κ1) is 25.2. The zero-order valence-corrected chi connectivity index (χ0v) is 21.4. The number of fused-ring (bicyclic) bond motifs is 1. The van der Waals surface area contributed by atoms with Crippen LogP contribution in [0.25, 0.3) is 28.2 Å². The summed E-state index contributed by atoms with van der Waals surface area (Å²) in [7, 11) is 0. The van der Waals surface area contributed by atoms with Crippen LogP contribution in [-0.4, -0.2) is 49.6 Å². The van der Waals surface area contributed by atoms with E-state index in [4.69, 9.17) is 22.4 Å². The molecule has 0 radical (unpaired) electrons. The van der Waals surface area contributed by atoms with Crippen LogP contribution in [-0.2, 0) is 4.79 Å². The third kappa shape index (κ3) is 4.64. The van der Waals surface area contributed by atoms with Crippen LogP contribution in [0.1, 0.15) is 34.8 Å². The van der Waals surface area contributed by atoms with Gasteiger partial charge in [0.2, 0.25) is 5.91 Å². The van der Waals surface area contributed by atoms with E-state index < -0.39 is 0 Å². The molecular weight excluding hydrogens is 502 g/mol. The molecule has 1 aliphatic heterocycles. The first-order valence-corrected chi connectivity index (χ1v) is 12.5. The van der Waals surface area contributed by atoms with Crippen molar-refractivity contribution in [2.45, 2.75) is 18.9 Å². The molecule has 4 aromatic rings. The molecule has 1 aliphatic rings. The summed E-state index contributed by atoms with van der Waals surface area (Å²) in [5.41, 5.74) is 9.44. The molecule has 0 spiro atoms. The highest BCUT2D eigenvalue weighted by atomic mass is 35.5. The minimum absolute atomic E-state index is 0.0911. The number of piperidine rings is 1. The summed E-state index contributed by atoms with van der Waals surface area (Å²) in [5.74, 6) is 0.292. The van der Waals surface area contributed by atoms with Gasteiger partial charge in [0.1, 0.15) is 17.3 Å². The smallest absolute Gasteiger partial charge is 0.256 e. The number of carbonyl (C=O) groups is 2. The molecule has 0 unspecified atom stereocenters. The van der Waals surface area contributed by atoms with Gasteiger partial charge in [-0.1, -0.05) is 43.0 Å². The van der Waals surface area contributed by atoms with Gasteiger partial charge in [0.05, 0.1) is 22.0 Å². The van der Waals surface area contributed by atoms with Gasteiger partial charge in [0.15, 0.2) is 0 Å². The molecule has 192 valence electrons. The molecule has 5 rings (SSSR count). The Labute approximate surface area is 224 Å². The number of rotatable bonds is 6. The van der Waals surface area contributed by atoms with Crippen LogP contribution >= 0.6 is 11.6 Å². The molecule has 1 fully saturated rings. The van der Waals surface area contributed by atoms with Gasteiger partial charge < -0.3 is 16.0 Å². The summed E-state index contributed by atoms with van der Waals surface area (Å²) in [5, 5.41) is 8.70. The first-order valence-electron chi connectivity index (χ1n) is 12.1. The Morgan fingerprint density at radius 1 is 1.18 bits per heavy atom. The lowest BCUT2D eigenvalue weighted by atomic mass is 10.0. The highest BCUT2D eigenvalue weighted by molar-refractivity contribution is 6.34. The fraction of sp³-hybridized carbons (Fsp3) is 0.179. The number of halogens is 1. The zero-order chi connectivity index (χ0) is 26.8. The summed E-state index contributed by atoms with van der Waals surface area (Å²) in [6.07, 6.45) is 7.95. The van der Waals surface area contributed by atoms with E-state index in [-0.39, 0.29) is 17.9 Å². The van der Waals surface area contributed by atoms with E-state index >= 15 is 0 Å². The van der Waals surface area contributed by atoms with Gasteiger partial charge in [0.25, 0.3) is 5.91 Å². The van der Waals surface area contributed by atoms with E-state index in [1.54, 1.807) is 59.8 Å². The molecule has 4 heterocycles. The summed E-state index contributed by atoms with van der Waals surface area (Å²) < 4.78 is 1.90. The van der Waals surface area contributed by atoms with E-state index in [1.165, 1.54) is 6.08 Å². The zero-order valence-electron chi connectivity index (χ0n) is 20.6. The van der Waals surface area contributed by atoms with Crippen LogP contribution in [0.5, 0.6) is 0 Å². The quantitative estimate of drug-likeness (QED) is 0.341. The second-order valence-corrected chi connectivity index (χ2v) is 9.38. The minimum Gasteiger partial charge on any atom is -0.383 e. The Morgan fingerprint density at radius 2 is 2.03 bits per heavy atom. The lowest BCUT2D eigenvalue weighted by molar-refractivity contribution is -0.127. The predicted octanol–water partition coefficient (Wildman–Crippen LogP) is 4.97. The summed E-state index contributed by atoms with van der Waals surface area (Å²) in [4.78, 5) is 35.4. The van der Waals surface area contributed by atoms with Gasteiger partial charge in [-0.05, 0) is 43.2 Å². The molecule has 10 heteroatoms. The van der Waals surface area contributed by atoms with Gasteiger partial charge in [0, 0.05) is 42.2 Å². The third-order valence-electron chi connectivity index (χ3n) is 6.62. The fourth-order valence-corrected chi connectivity index (χ4v) is 5.05. The SMILES string of the molecule is C=CC(=O)N1CCC[C@@H](n2nc(-c3ccc(C(=O)Nc4ccccn4)cc3Cl)c3c(N)ncc(C=C)c32)C1. The molecule has 0 aliphatic carbocycles. The number of benzene rings is 1. The monoisotopic (exact) mass is 527 g/mol. The Hall–Kier alpha value is -4.50. The lowest BCUT2D eigenvalue weighted by Crippen LogP contribution is -2.40. The number of amides is 2. The van der Waals surface area contributed by atoms with Crippen molar-refractivity contribution in [2.24, 2.45) is 0 Å².